The Morgan fingerprint density at radius 1 is 1.00 bits per heavy atom. The van der Waals surface area contributed by atoms with Crippen molar-refractivity contribution in [2.24, 2.45) is 0 Å². The standard InChI is InChI=1S/C17H20OSi/c1-5-18-17-9-8-15-12-14(6-7-16(15)13-17)10-11-19(2,3)4/h6-9,12-13H,5H2,1-4H3. The SMILES string of the molecule is CCOc1ccc2cc(C#C[Si](C)(C)C)ccc2c1. The zero-order chi connectivity index (χ0) is 13.9. The van der Waals surface area contributed by atoms with E-state index in [2.05, 4.69) is 61.4 Å². The van der Waals surface area contributed by atoms with Gasteiger partial charge in [0, 0.05) is 5.56 Å². The molecule has 0 spiro atoms. The molecule has 0 amide bonds. The van der Waals surface area contributed by atoms with E-state index in [0.29, 0.717) is 6.61 Å². The number of rotatable bonds is 2. The minimum Gasteiger partial charge on any atom is -0.494 e. The molecule has 0 aromatic heterocycles. The molecule has 0 aliphatic heterocycles. The number of hydrogen-bond acceptors (Lipinski definition) is 1. The third kappa shape index (κ3) is 3.87. The summed E-state index contributed by atoms with van der Waals surface area (Å²) in [4.78, 5) is 0. The molecule has 0 atom stereocenters. The Kier molecular flexibility index (Phi) is 3.97. The Morgan fingerprint density at radius 3 is 2.37 bits per heavy atom. The molecule has 0 N–H and O–H groups in total. The van der Waals surface area contributed by atoms with Crippen molar-refractivity contribution in [3.63, 3.8) is 0 Å². The molecule has 0 unspecified atom stereocenters. The second kappa shape index (κ2) is 5.50. The average molecular weight is 268 g/mol. The first-order valence-electron chi connectivity index (χ1n) is 6.68. The number of hydrogen-bond donors (Lipinski definition) is 0. The van der Waals surface area contributed by atoms with Crippen LogP contribution in [0.25, 0.3) is 10.8 Å². The number of benzene rings is 2. The maximum Gasteiger partial charge on any atom is 0.129 e. The van der Waals surface area contributed by atoms with Gasteiger partial charge in [-0.25, -0.2) is 0 Å². The lowest BCUT2D eigenvalue weighted by Gasteiger charge is -2.06. The van der Waals surface area contributed by atoms with Crippen LogP contribution in [0.3, 0.4) is 0 Å². The van der Waals surface area contributed by atoms with Crippen LogP contribution in [0.4, 0.5) is 0 Å². The second-order valence-corrected chi connectivity index (χ2v) is 10.4. The van der Waals surface area contributed by atoms with Crippen molar-refractivity contribution in [2.45, 2.75) is 26.6 Å². The third-order valence-electron chi connectivity index (χ3n) is 2.70. The van der Waals surface area contributed by atoms with Gasteiger partial charge >= 0.3 is 0 Å². The first kappa shape index (κ1) is 13.7. The van der Waals surface area contributed by atoms with E-state index in [-0.39, 0.29) is 0 Å². The summed E-state index contributed by atoms with van der Waals surface area (Å²) in [6.45, 7) is 9.48. The summed E-state index contributed by atoms with van der Waals surface area (Å²) in [5.41, 5.74) is 4.50. The Balaban J connectivity index is 2.36. The fourth-order valence-corrected chi connectivity index (χ4v) is 2.34. The van der Waals surface area contributed by atoms with Gasteiger partial charge in [0.1, 0.15) is 13.8 Å². The summed E-state index contributed by atoms with van der Waals surface area (Å²) >= 11 is 0. The van der Waals surface area contributed by atoms with Gasteiger partial charge in [-0.1, -0.05) is 37.7 Å². The van der Waals surface area contributed by atoms with Gasteiger partial charge in [0.25, 0.3) is 0 Å². The highest BCUT2D eigenvalue weighted by Crippen LogP contribution is 2.22. The van der Waals surface area contributed by atoms with Crippen molar-refractivity contribution in [3.05, 3.63) is 42.0 Å². The predicted molar refractivity (Wildman–Crippen MR) is 85.3 cm³/mol. The molecule has 1 nitrogen and oxygen atoms in total. The fraction of sp³-hybridized carbons (Fsp3) is 0.294. The monoisotopic (exact) mass is 268 g/mol. The van der Waals surface area contributed by atoms with Gasteiger partial charge in [-0.05, 0) is 42.0 Å². The van der Waals surface area contributed by atoms with Crippen LogP contribution in [-0.4, -0.2) is 14.7 Å². The van der Waals surface area contributed by atoms with Gasteiger partial charge < -0.3 is 4.74 Å². The quantitative estimate of drug-likeness (QED) is 0.577. The molecule has 0 bridgehead atoms. The minimum absolute atomic E-state index is 0.700. The summed E-state index contributed by atoms with van der Waals surface area (Å²) < 4.78 is 5.51. The lowest BCUT2D eigenvalue weighted by molar-refractivity contribution is 0.341. The number of fused-ring (bicyclic) bond motifs is 1. The molecule has 19 heavy (non-hydrogen) atoms. The topological polar surface area (TPSA) is 9.23 Å². The van der Waals surface area contributed by atoms with E-state index in [1.165, 1.54) is 10.8 Å². The van der Waals surface area contributed by atoms with Crippen molar-refractivity contribution in [1.82, 2.24) is 0 Å². The predicted octanol–water partition coefficient (Wildman–Crippen LogP) is 4.47. The highest BCUT2D eigenvalue weighted by molar-refractivity contribution is 6.83. The lowest BCUT2D eigenvalue weighted by Crippen LogP contribution is -2.16. The van der Waals surface area contributed by atoms with Crippen molar-refractivity contribution in [2.75, 3.05) is 6.61 Å². The van der Waals surface area contributed by atoms with E-state index >= 15 is 0 Å². The maximum absolute atomic E-state index is 5.51. The molecule has 2 aromatic carbocycles. The lowest BCUT2D eigenvalue weighted by atomic mass is 10.1. The van der Waals surface area contributed by atoms with Crippen LogP contribution in [0.1, 0.15) is 12.5 Å². The Hall–Kier alpha value is -1.72. The summed E-state index contributed by atoms with van der Waals surface area (Å²) in [5, 5.41) is 2.41. The highest BCUT2D eigenvalue weighted by atomic mass is 28.3. The normalized spacial score (nSPS) is 10.9. The van der Waals surface area contributed by atoms with Gasteiger partial charge in [0.15, 0.2) is 0 Å². The van der Waals surface area contributed by atoms with Crippen LogP contribution in [0.5, 0.6) is 5.75 Å². The van der Waals surface area contributed by atoms with Crippen LogP contribution in [0.2, 0.25) is 19.6 Å². The van der Waals surface area contributed by atoms with Crippen molar-refractivity contribution in [3.8, 4) is 17.2 Å². The van der Waals surface area contributed by atoms with Crippen LogP contribution in [0, 0.1) is 11.5 Å². The maximum atomic E-state index is 5.51. The van der Waals surface area contributed by atoms with Gasteiger partial charge in [0.05, 0.1) is 6.61 Å². The molecule has 0 fully saturated rings. The molecule has 2 heteroatoms. The van der Waals surface area contributed by atoms with Crippen LogP contribution >= 0.6 is 0 Å². The molecule has 0 heterocycles. The highest BCUT2D eigenvalue weighted by Gasteiger charge is 2.07. The van der Waals surface area contributed by atoms with E-state index in [4.69, 9.17) is 4.74 Å². The zero-order valence-electron chi connectivity index (χ0n) is 12.1. The van der Waals surface area contributed by atoms with E-state index in [1.807, 2.05) is 13.0 Å². The average Bonchev–Trinajstić information content (AvgIpc) is 2.36. The molecule has 98 valence electrons. The molecule has 0 aliphatic rings. The summed E-state index contributed by atoms with van der Waals surface area (Å²) in [6.07, 6.45) is 0. The van der Waals surface area contributed by atoms with E-state index in [9.17, 15) is 0 Å². The van der Waals surface area contributed by atoms with Gasteiger partial charge in [-0.3, -0.25) is 0 Å². The van der Waals surface area contributed by atoms with Crippen LogP contribution < -0.4 is 4.74 Å². The Labute approximate surface area is 116 Å². The largest absolute Gasteiger partial charge is 0.494 e. The van der Waals surface area contributed by atoms with E-state index < -0.39 is 8.07 Å². The molecule has 0 radical (unpaired) electrons. The summed E-state index contributed by atoms with van der Waals surface area (Å²) in [7, 11) is -1.31. The molecule has 2 rings (SSSR count). The van der Waals surface area contributed by atoms with Gasteiger partial charge in [-0.2, -0.15) is 0 Å². The molecule has 0 saturated carbocycles. The van der Waals surface area contributed by atoms with E-state index in [1.54, 1.807) is 0 Å². The minimum atomic E-state index is -1.31. The summed E-state index contributed by atoms with van der Waals surface area (Å²) in [6, 6.07) is 12.5. The van der Waals surface area contributed by atoms with Crippen LogP contribution in [-0.2, 0) is 0 Å². The van der Waals surface area contributed by atoms with Crippen LogP contribution in [0.15, 0.2) is 36.4 Å². The first-order valence-corrected chi connectivity index (χ1v) is 10.2. The molecular formula is C17H20OSi. The molecule has 0 saturated heterocycles. The zero-order valence-corrected chi connectivity index (χ0v) is 13.1. The first-order chi connectivity index (χ1) is 8.98. The molecule has 0 aliphatic carbocycles. The molecule has 2 aromatic rings. The number of ether oxygens (including phenoxy) is 1. The van der Waals surface area contributed by atoms with Crippen molar-refractivity contribution < 1.29 is 4.74 Å². The van der Waals surface area contributed by atoms with Gasteiger partial charge in [-0.15, -0.1) is 5.54 Å². The van der Waals surface area contributed by atoms with E-state index in [0.717, 1.165) is 11.3 Å². The fourth-order valence-electron chi connectivity index (χ4n) is 1.82. The smallest absolute Gasteiger partial charge is 0.129 e. The molecular weight excluding hydrogens is 248 g/mol. The Bertz CT molecular complexity index is 642. The Morgan fingerprint density at radius 2 is 1.68 bits per heavy atom. The third-order valence-corrected chi connectivity index (χ3v) is 3.58. The van der Waals surface area contributed by atoms with Crippen molar-refractivity contribution in [1.29, 1.82) is 0 Å². The van der Waals surface area contributed by atoms with Crippen molar-refractivity contribution >= 4 is 18.8 Å². The second-order valence-electron chi connectivity index (χ2n) is 5.66. The van der Waals surface area contributed by atoms with Gasteiger partial charge in [0.2, 0.25) is 0 Å². The summed E-state index contributed by atoms with van der Waals surface area (Å²) in [5.74, 6) is 4.22.